The van der Waals surface area contributed by atoms with Crippen molar-refractivity contribution in [2.24, 2.45) is 0 Å². The Morgan fingerprint density at radius 3 is 2.30 bits per heavy atom. The van der Waals surface area contributed by atoms with Gasteiger partial charge in [0.15, 0.2) is 0 Å². The number of rotatable bonds is 6. The summed E-state index contributed by atoms with van der Waals surface area (Å²) in [7, 11) is 0. The Morgan fingerprint density at radius 1 is 1.07 bits per heavy atom. The summed E-state index contributed by atoms with van der Waals surface area (Å²) in [6, 6.07) is 15.2. The van der Waals surface area contributed by atoms with Crippen LogP contribution in [0.4, 0.5) is 0 Å². The molecule has 0 spiro atoms. The molecular weight excluding hydrogens is 381 g/mol. The zero-order valence-corrected chi connectivity index (χ0v) is 17.3. The van der Waals surface area contributed by atoms with Crippen LogP contribution in [0.1, 0.15) is 31.9 Å². The highest BCUT2D eigenvalue weighted by Gasteiger charge is 2.40. The predicted octanol–water partition coefficient (Wildman–Crippen LogP) is 5.56. The van der Waals surface area contributed by atoms with Crippen LogP contribution in [0.15, 0.2) is 54.1 Å². The van der Waals surface area contributed by atoms with Crippen LogP contribution in [0.3, 0.4) is 0 Å². The van der Waals surface area contributed by atoms with E-state index in [1.807, 2.05) is 68.1 Å². The Morgan fingerprint density at radius 2 is 1.70 bits per heavy atom. The third-order valence-electron chi connectivity index (χ3n) is 4.95. The highest BCUT2D eigenvalue weighted by atomic mass is 35.5. The molecule has 1 aliphatic heterocycles. The Hall–Kier alpha value is -1.81. The fourth-order valence-corrected chi connectivity index (χ4v) is 3.94. The van der Waals surface area contributed by atoms with E-state index < -0.39 is 5.54 Å². The number of carbonyl (C=O) groups excluding carboxylic acids is 1. The van der Waals surface area contributed by atoms with Crippen molar-refractivity contribution in [3.63, 3.8) is 0 Å². The molecule has 0 radical (unpaired) electrons. The van der Waals surface area contributed by atoms with E-state index in [0.717, 1.165) is 22.3 Å². The second-order valence-corrected chi connectivity index (χ2v) is 7.96. The molecule has 1 amide bonds. The lowest BCUT2D eigenvalue weighted by Gasteiger charge is -2.37. The van der Waals surface area contributed by atoms with Gasteiger partial charge >= 0.3 is 0 Å². The number of benzene rings is 2. The van der Waals surface area contributed by atoms with Crippen LogP contribution >= 0.6 is 23.2 Å². The molecule has 3 nitrogen and oxygen atoms in total. The summed E-state index contributed by atoms with van der Waals surface area (Å²) in [6.07, 6.45) is 0. The lowest BCUT2D eigenvalue weighted by Crippen LogP contribution is -2.43. The van der Waals surface area contributed by atoms with E-state index in [4.69, 9.17) is 27.9 Å². The summed E-state index contributed by atoms with van der Waals surface area (Å²) in [5.74, 6) is -0.00278. The normalized spacial score (nSPS) is 15.0. The number of ether oxygens (including phenoxy) is 1. The first-order valence-electron chi connectivity index (χ1n) is 8.98. The van der Waals surface area contributed by atoms with Gasteiger partial charge in [0, 0.05) is 23.2 Å². The van der Waals surface area contributed by atoms with Crippen molar-refractivity contribution >= 4 is 34.7 Å². The molecule has 0 unspecified atom stereocenters. The van der Waals surface area contributed by atoms with Crippen LogP contribution in [-0.4, -0.2) is 30.6 Å². The molecule has 0 bridgehead atoms. The lowest BCUT2D eigenvalue weighted by molar-refractivity contribution is -0.128. The monoisotopic (exact) mass is 403 g/mol. The molecule has 0 atom stereocenters. The van der Waals surface area contributed by atoms with Crippen LogP contribution in [-0.2, 0) is 15.1 Å². The largest absolute Gasteiger partial charge is 0.377 e. The van der Waals surface area contributed by atoms with Crippen LogP contribution in [0.25, 0.3) is 5.57 Å². The Labute approximate surface area is 170 Å². The zero-order chi connectivity index (χ0) is 19.6. The Kier molecular flexibility index (Phi) is 5.95. The van der Waals surface area contributed by atoms with Gasteiger partial charge in [-0.3, -0.25) is 4.79 Å². The summed E-state index contributed by atoms with van der Waals surface area (Å²) in [6.45, 7) is 7.54. The van der Waals surface area contributed by atoms with Gasteiger partial charge in [0.25, 0.3) is 5.91 Å². The number of carbonyl (C=O) groups is 1. The standard InChI is InChI=1S/C22H23Cl2NO2/c1-4-27-14-16-13-25(21(26)20(16)15-8-6-5-7-9-15)22(2,3)17-10-18(23)12-19(24)11-17/h5-12H,4,13-14H2,1-3H3. The summed E-state index contributed by atoms with van der Waals surface area (Å²) < 4.78 is 5.64. The Bertz CT molecular complexity index is 855. The summed E-state index contributed by atoms with van der Waals surface area (Å²) in [5.41, 5.74) is 2.97. The summed E-state index contributed by atoms with van der Waals surface area (Å²) >= 11 is 12.4. The highest BCUT2D eigenvalue weighted by molar-refractivity contribution is 6.34. The molecule has 2 aromatic carbocycles. The van der Waals surface area contributed by atoms with E-state index in [2.05, 4.69) is 0 Å². The highest BCUT2D eigenvalue weighted by Crippen LogP contribution is 2.39. The first-order valence-corrected chi connectivity index (χ1v) is 9.74. The fraction of sp³-hybridized carbons (Fsp3) is 0.318. The van der Waals surface area contributed by atoms with Crippen LogP contribution in [0.5, 0.6) is 0 Å². The molecule has 3 rings (SSSR count). The number of halogens is 2. The summed E-state index contributed by atoms with van der Waals surface area (Å²) in [4.78, 5) is 15.3. The maximum absolute atomic E-state index is 13.4. The molecule has 142 valence electrons. The van der Waals surface area contributed by atoms with Gasteiger partial charge in [-0.05, 0) is 55.7 Å². The molecule has 0 N–H and O–H groups in total. The first-order chi connectivity index (χ1) is 12.8. The second kappa shape index (κ2) is 8.05. The SMILES string of the molecule is CCOCC1=C(c2ccccc2)C(=O)N(C(C)(C)c2cc(Cl)cc(Cl)c2)C1. The average molecular weight is 404 g/mol. The maximum atomic E-state index is 13.4. The van der Waals surface area contributed by atoms with Gasteiger partial charge in [0.2, 0.25) is 0 Å². The molecule has 1 heterocycles. The topological polar surface area (TPSA) is 29.5 Å². The third-order valence-corrected chi connectivity index (χ3v) is 5.38. The second-order valence-electron chi connectivity index (χ2n) is 7.09. The molecule has 1 aliphatic rings. The van der Waals surface area contributed by atoms with Crippen molar-refractivity contribution in [3.05, 3.63) is 75.3 Å². The molecule has 0 aliphatic carbocycles. The molecule has 0 saturated carbocycles. The van der Waals surface area contributed by atoms with Gasteiger partial charge < -0.3 is 9.64 Å². The molecule has 5 heteroatoms. The van der Waals surface area contributed by atoms with Crippen LogP contribution in [0.2, 0.25) is 10.0 Å². The van der Waals surface area contributed by atoms with Gasteiger partial charge in [-0.15, -0.1) is 0 Å². The van der Waals surface area contributed by atoms with Crippen molar-refractivity contribution in [1.82, 2.24) is 4.90 Å². The fourth-order valence-electron chi connectivity index (χ4n) is 3.42. The van der Waals surface area contributed by atoms with Crippen molar-refractivity contribution in [3.8, 4) is 0 Å². The van der Waals surface area contributed by atoms with Gasteiger partial charge in [0.1, 0.15) is 0 Å². The van der Waals surface area contributed by atoms with E-state index in [0.29, 0.717) is 29.8 Å². The molecule has 0 fully saturated rings. The average Bonchev–Trinajstić information content (AvgIpc) is 2.97. The van der Waals surface area contributed by atoms with E-state index >= 15 is 0 Å². The minimum atomic E-state index is -0.570. The minimum Gasteiger partial charge on any atom is -0.377 e. The Balaban J connectivity index is 2.00. The lowest BCUT2D eigenvalue weighted by atomic mass is 9.92. The maximum Gasteiger partial charge on any atom is 0.255 e. The molecular formula is C22H23Cl2NO2. The van der Waals surface area contributed by atoms with Crippen LogP contribution in [0, 0.1) is 0 Å². The number of hydrogen-bond donors (Lipinski definition) is 0. The van der Waals surface area contributed by atoms with Gasteiger partial charge in [-0.1, -0.05) is 53.5 Å². The third kappa shape index (κ3) is 4.06. The summed E-state index contributed by atoms with van der Waals surface area (Å²) in [5, 5.41) is 1.12. The number of hydrogen-bond acceptors (Lipinski definition) is 2. The smallest absolute Gasteiger partial charge is 0.255 e. The van der Waals surface area contributed by atoms with Crippen molar-refractivity contribution in [1.29, 1.82) is 0 Å². The predicted molar refractivity (Wildman–Crippen MR) is 111 cm³/mol. The van der Waals surface area contributed by atoms with E-state index in [1.54, 1.807) is 6.07 Å². The zero-order valence-electron chi connectivity index (χ0n) is 15.8. The van der Waals surface area contributed by atoms with Gasteiger partial charge in [-0.2, -0.15) is 0 Å². The molecule has 0 aromatic heterocycles. The molecule has 27 heavy (non-hydrogen) atoms. The van der Waals surface area contributed by atoms with Crippen LogP contribution < -0.4 is 0 Å². The van der Waals surface area contributed by atoms with Crippen molar-refractivity contribution in [2.45, 2.75) is 26.3 Å². The first kappa shape index (κ1) is 19.9. The van der Waals surface area contributed by atoms with Gasteiger partial charge in [-0.25, -0.2) is 0 Å². The van der Waals surface area contributed by atoms with E-state index in [9.17, 15) is 4.79 Å². The van der Waals surface area contributed by atoms with E-state index in [-0.39, 0.29) is 5.91 Å². The minimum absolute atomic E-state index is 0.00278. The quantitative estimate of drug-likeness (QED) is 0.631. The molecule has 0 saturated heterocycles. The number of amides is 1. The molecule has 2 aromatic rings. The number of nitrogens with zero attached hydrogens (tertiary/aromatic N) is 1. The van der Waals surface area contributed by atoms with Crippen molar-refractivity contribution in [2.75, 3.05) is 19.8 Å². The van der Waals surface area contributed by atoms with Crippen molar-refractivity contribution < 1.29 is 9.53 Å². The van der Waals surface area contributed by atoms with E-state index in [1.165, 1.54) is 0 Å². The van der Waals surface area contributed by atoms with Gasteiger partial charge in [0.05, 0.1) is 17.7 Å².